The number of rotatable bonds is 1. The molecule has 72 valence electrons. The third-order valence-corrected chi connectivity index (χ3v) is 1.67. The van der Waals surface area contributed by atoms with E-state index in [0.717, 1.165) is 0 Å². The summed E-state index contributed by atoms with van der Waals surface area (Å²) >= 11 is 0. The van der Waals surface area contributed by atoms with E-state index in [-0.39, 0.29) is 17.4 Å². The van der Waals surface area contributed by atoms with E-state index >= 15 is 0 Å². The summed E-state index contributed by atoms with van der Waals surface area (Å²) in [5.74, 6) is -0.509. The zero-order valence-corrected chi connectivity index (χ0v) is 7.07. The van der Waals surface area contributed by atoms with Crippen molar-refractivity contribution in [1.82, 2.24) is 10.1 Å². The van der Waals surface area contributed by atoms with Crippen molar-refractivity contribution >= 4 is 11.6 Å². The fourth-order valence-corrected chi connectivity index (χ4v) is 1.05. The van der Waals surface area contributed by atoms with Gasteiger partial charge in [0, 0.05) is 5.69 Å². The van der Waals surface area contributed by atoms with Crippen LogP contribution in [0.4, 0.5) is 16.0 Å². The van der Waals surface area contributed by atoms with Crippen LogP contribution in [0.1, 0.15) is 0 Å². The number of aromatic nitrogens is 2. The second kappa shape index (κ2) is 2.99. The predicted molar refractivity (Wildman–Crippen MR) is 48.5 cm³/mol. The van der Waals surface area contributed by atoms with Crippen LogP contribution in [0.2, 0.25) is 0 Å². The molecule has 0 amide bonds. The molecule has 2 aromatic rings. The van der Waals surface area contributed by atoms with Crippen molar-refractivity contribution in [2.75, 3.05) is 11.5 Å². The number of nitrogens with zero attached hydrogens (tertiary/aromatic N) is 2. The second-order valence-corrected chi connectivity index (χ2v) is 2.70. The molecule has 0 atom stereocenters. The van der Waals surface area contributed by atoms with E-state index in [2.05, 4.69) is 10.1 Å². The number of nitrogens with two attached hydrogens (primary N) is 2. The monoisotopic (exact) mass is 194 g/mol. The third-order valence-electron chi connectivity index (χ3n) is 1.67. The minimum absolute atomic E-state index is 0.0313. The lowest BCUT2D eigenvalue weighted by molar-refractivity contribution is 0.430. The van der Waals surface area contributed by atoms with Gasteiger partial charge in [-0.3, -0.25) is 0 Å². The van der Waals surface area contributed by atoms with Crippen LogP contribution in [0, 0.1) is 5.82 Å². The Labute approximate surface area is 78.5 Å². The highest BCUT2D eigenvalue weighted by atomic mass is 19.1. The van der Waals surface area contributed by atoms with E-state index in [0.29, 0.717) is 5.69 Å². The molecule has 0 spiro atoms. The second-order valence-electron chi connectivity index (χ2n) is 2.70. The molecule has 0 aliphatic heterocycles. The Morgan fingerprint density at radius 3 is 2.64 bits per heavy atom. The van der Waals surface area contributed by atoms with Crippen LogP contribution in [-0.2, 0) is 0 Å². The maximum atomic E-state index is 13.3. The number of benzene rings is 1. The first kappa shape index (κ1) is 8.49. The molecule has 0 unspecified atom stereocenters. The molecule has 1 aromatic carbocycles. The van der Waals surface area contributed by atoms with Crippen LogP contribution in [0.25, 0.3) is 11.5 Å². The minimum Gasteiger partial charge on any atom is -0.399 e. The molecule has 6 heteroatoms. The lowest BCUT2D eigenvalue weighted by atomic mass is 10.2. The molecule has 5 nitrogen and oxygen atoms in total. The Kier molecular flexibility index (Phi) is 1.81. The standard InChI is InChI=1S/C8H7FN4O/c9-6-3-4(10)1-2-5(6)7-12-8(11)13-14-7/h1-3H,10H2,(H2,11,13). The average Bonchev–Trinajstić information content (AvgIpc) is 2.51. The zero-order chi connectivity index (χ0) is 10.1. The van der Waals surface area contributed by atoms with Crippen molar-refractivity contribution in [1.29, 1.82) is 0 Å². The van der Waals surface area contributed by atoms with Crippen LogP contribution in [-0.4, -0.2) is 10.1 Å². The van der Waals surface area contributed by atoms with Gasteiger partial charge in [-0.05, 0) is 23.4 Å². The Hall–Kier alpha value is -2.11. The Morgan fingerprint density at radius 1 is 1.29 bits per heavy atom. The Morgan fingerprint density at radius 2 is 2.07 bits per heavy atom. The number of anilines is 2. The summed E-state index contributed by atoms with van der Waals surface area (Å²) in [6, 6.07) is 4.17. The molecule has 0 fully saturated rings. The minimum atomic E-state index is -0.520. The molecule has 0 bridgehead atoms. The third kappa shape index (κ3) is 1.37. The van der Waals surface area contributed by atoms with Gasteiger partial charge in [0.05, 0.1) is 5.56 Å². The van der Waals surface area contributed by atoms with E-state index in [1.54, 1.807) is 6.07 Å². The lowest BCUT2D eigenvalue weighted by Crippen LogP contribution is -1.90. The molecule has 4 N–H and O–H groups in total. The predicted octanol–water partition coefficient (Wildman–Crippen LogP) is 1.04. The highest BCUT2D eigenvalue weighted by Crippen LogP contribution is 2.22. The number of hydrogen-bond donors (Lipinski definition) is 2. The van der Waals surface area contributed by atoms with Gasteiger partial charge in [-0.1, -0.05) is 0 Å². The quantitative estimate of drug-likeness (QED) is 0.662. The molecule has 1 heterocycles. The van der Waals surface area contributed by atoms with E-state index < -0.39 is 5.82 Å². The van der Waals surface area contributed by atoms with Gasteiger partial charge in [0.1, 0.15) is 5.82 Å². The van der Waals surface area contributed by atoms with E-state index in [9.17, 15) is 4.39 Å². The summed E-state index contributed by atoms with van der Waals surface area (Å²) in [6.45, 7) is 0. The highest BCUT2D eigenvalue weighted by molar-refractivity contribution is 5.58. The van der Waals surface area contributed by atoms with Crippen molar-refractivity contribution in [3.05, 3.63) is 24.0 Å². The van der Waals surface area contributed by atoms with Crippen LogP contribution in [0.3, 0.4) is 0 Å². The zero-order valence-electron chi connectivity index (χ0n) is 7.07. The summed E-state index contributed by atoms with van der Waals surface area (Å²) < 4.78 is 18.0. The summed E-state index contributed by atoms with van der Waals surface area (Å²) in [5, 5.41) is 3.35. The summed E-state index contributed by atoms with van der Waals surface area (Å²) in [4.78, 5) is 3.69. The smallest absolute Gasteiger partial charge is 0.262 e. The first-order chi connectivity index (χ1) is 6.66. The number of hydrogen-bond acceptors (Lipinski definition) is 5. The molecule has 1 aromatic heterocycles. The molecule has 14 heavy (non-hydrogen) atoms. The Balaban J connectivity index is 2.52. The van der Waals surface area contributed by atoms with Gasteiger partial charge >= 0.3 is 0 Å². The van der Waals surface area contributed by atoms with Crippen LogP contribution in [0.5, 0.6) is 0 Å². The highest BCUT2D eigenvalue weighted by Gasteiger charge is 2.11. The van der Waals surface area contributed by atoms with Crippen molar-refractivity contribution in [2.24, 2.45) is 0 Å². The van der Waals surface area contributed by atoms with Crippen LogP contribution < -0.4 is 11.5 Å². The fourth-order valence-electron chi connectivity index (χ4n) is 1.05. The molecule has 2 rings (SSSR count). The van der Waals surface area contributed by atoms with E-state index in [1.807, 2.05) is 0 Å². The van der Waals surface area contributed by atoms with Crippen LogP contribution in [0.15, 0.2) is 22.7 Å². The van der Waals surface area contributed by atoms with Gasteiger partial charge in [-0.25, -0.2) is 4.39 Å². The Bertz CT molecular complexity index is 468. The SMILES string of the molecule is Nc1ccc(-c2nc(N)no2)c(F)c1. The molecular formula is C8H7FN4O. The lowest BCUT2D eigenvalue weighted by Gasteiger charge is -1.97. The molecule has 0 saturated carbocycles. The van der Waals surface area contributed by atoms with Gasteiger partial charge in [0.2, 0.25) is 0 Å². The summed E-state index contributed by atoms with van der Waals surface area (Å²) in [7, 11) is 0. The summed E-state index contributed by atoms with van der Waals surface area (Å²) in [5.41, 5.74) is 11.1. The number of halogens is 1. The fraction of sp³-hybridized carbons (Fsp3) is 0. The first-order valence-electron chi connectivity index (χ1n) is 3.81. The number of nitrogen functional groups attached to an aromatic ring is 2. The maximum absolute atomic E-state index is 13.3. The van der Waals surface area contributed by atoms with Gasteiger partial charge in [0.15, 0.2) is 0 Å². The molecule has 0 aliphatic carbocycles. The van der Waals surface area contributed by atoms with E-state index in [1.165, 1.54) is 12.1 Å². The molecule has 0 saturated heterocycles. The molecular weight excluding hydrogens is 187 g/mol. The van der Waals surface area contributed by atoms with Gasteiger partial charge in [-0.2, -0.15) is 4.98 Å². The van der Waals surface area contributed by atoms with Crippen molar-refractivity contribution in [2.45, 2.75) is 0 Å². The average molecular weight is 194 g/mol. The topological polar surface area (TPSA) is 91.0 Å². The maximum Gasteiger partial charge on any atom is 0.262 e. The normalized spacial score (nSPS) is 10.4. The van der Waals surface area contributed by atoms with Crippen LogP contribution >= 0.6 is 0 Å². The first-order valence-corrected chi connectivity index (χ1v) is 3.81. The van der Waals surface area contributed by atoms with Crippen molar-refractivity contribution < 1.29 is 8.91 Å². The summed E-state index contributed by atoms with van der Waals surface area (Å²) in [6.07, 6.45) is 0. The molecule has 0 aliphatic rings. The van der Waals surface area contributed by atoms with Gasteiger partial charge in [0.25, 0.3) is 11.8 Å². The largest absolute Gasteiger partial charge is 0.399 e. The van der Waals surface area contributed by atoms with E-state index in [4.69, 9.17) is 16.0 Å². The van der Waals surface area contributed by atoms with Crippen molar-refractivity contribution in [3.63, 3.8) is 0 Å². The van der Waals surface area contributed by atoms with Gasteiger partial charge < -0.3 is 16.0 Å². The molecule has 0 radical (unpaired) electrons. The van der Waals surface area contributed by atoms with Gasteiger partial charge in [-0.15, -0.1) is 0 Å². The van der Waals surface area contributed by atoms with Crippen molar-refractivity contribution in [3.8, 4) is 11.5 Å².